The number of halogens is 5. The van der Waals surface area contributed by atoms with Crippen LogP contribution in [0.25, 0.3) is 0 Å². The normalized spacial score (nSPS) is 11.8. The highest BCUT2D eigenvalue weighted by Crippen LogP contribution is 2.36. The van der Waals surface area contributed by atoms with E-state index in [4.69, 9.17) is 10.4 Å². The third-order valence-corrected chi connectivity index (χ3v) is 2.04. The lowest BCUT2D eigenvalue weighted by atomic mass is 10.3. The summed E-state index contributed by atoms with van der Waals surface area (Å²) in [5.74, 6) is -3.60. The average Bonchev–Trinajstić information content (AvgIpc) is 2.15. The zero-order chi connectivity index (χ0) is 13.2. The third-order valence-electron chi connectivity index (χ3n) is 1.41. The molecule has 5 nitrogen and oxygen atoms in total. The Morgan fingerprint density at radius 3 is 2.29 bits per heavy atom. The van der Waals surface area contributed by atoms with Crippen molar-refractivity contribution in [1.29, 1.82) is 0 Å². The zero-order valence-electron chi connectivity index (χ0n) is 7.70. The quantitative estimate of drug-likeness (QED) is 0.662. The first-order valence-electron chi connectivity index (χ1n) is 3.80. The van der Waals surface area contributed by atoms with Crippen LogP contribution in [0.2, 0.25) is 0 Å². The van der Waals surface area contributed by atoms with E-state index in [9.17, 15) is 17.6 Å². The standard InChI is InChI=1S/C7H4BrF4NO4/c8-3-1-2-4(16-7(10,11)12)5(9)6(3)17-13(14)15/h1-2,14-15H. The molecule has 17 heavy (non-hydrogen) atoms. The highest BCUT2D eigenvalue weighted by atomic mass is 79.9. The van der Waals surface area contributed by atoms with Crippen molar-refractivity contribution < 1.29 is 37.6 Å². The van der Waals surface area contributed by atoms with E-state index in [1.54, 1.807) is 0 Å². The fraction of sp³-hybridized carbons (Fsp3) is 0.143. The number of nitrogens with zero attached hydrogens (tertiary/aromatic N) is 1. The van der Waals surface area contributed by atoms with Gasteiger partial charge < -0.3 is 9.57 Å². The highest BCUT2D eigenvalue weighted by Gasteiger charge is 2.33. The number of hydrogen-bond donors (Lipinski definition) is 2. The van der Waals surface area contributed by atoms with Gasteiger partial charge in [0, 0.05) is 0 Å². The van der Waals surface area contributed by atoms with Gasteiger partial charge in [0.1, 0.15) is 5.39 Å². The Bertz CT molecular complexity index is 412. The van der Waals surface area contributed by atoms with Gasteiger partial charge in [-0.3, -0.25) is 10.4 Å². The molecule has 0 unspecified atom stereocenters. The Labute approximate surface area is 99.8 Å². The molecule has 10 heteroatoms. The average molecular weight is 322 g/mol. The molecule has 0 bridgehead atoms. The number of alkyl halides is 3. The molecule has 0 aliphatic rings. The van der Waals surface area contributed by atoms with E-state index >= 15 is 0 Å². The van der Waals surface area contributed by atoms with Gasteiger partial charge >= 0.3 is 6.36 Å². The minimum Gasteiger partial charge on any atom is -0.402 e. The highest BCUT2D eigenvalue weighted by molar-refractivity contribution is 9.10. The fourth-order valence-corrected chi connectivity index (χ4v) is 1.26. The van der Waals surface area contributed by atoms with E-state index in [2.05, 4.69) is 25.5 Å². The molecule has 0 aliphatic heterocycles. The molecule has 0 fully saturated rings. The van der Waals surface area contributed by atoms with E-state index < -0.39 is 29.1 Å². The lowest BCUT2D eigenvalue weighted by Crippen LogP contribution is -2.21. The molecule has 0 heterocycles. The monoisotopic (exact) mass is 321 g/mol. The minimum absolute atomic E-state index is 0.141. The van der Waals surface area contributed by atoms with E-state index in [-0.39, 0.29) is 4.47 Å². The molecule has 0 saturated heterocycles. The van der Waals surface area contributed by atoms with Crippen molar-refractivity contribution in [2.45, 2.75) is 6.36 Å². The third kappa shape index (κ3) is 4.00. The van der Waals surface area contributed by atoms with Crippen LogP contribution in [0.4, 0.5) is 17.6 Å². The van der Waals surface area contributed by atoms with Crippen LogP contribution in [0, 0.1) is 5.82 Å². The molecule has 1 aromatic rings. The molecule has 0 aromatic heterocycles. The van der Waals surface area contributed by atoms with Crippen LogP contribution >= 0.6 is 15.9 Å². The summed E-state index contributed by atoms with van der Waals surface area (Å²) >= 11 is 2.74. The molecule has 0 atom stereocenters. The van der Waals surface area contributed by atoms with Crippen molar-refractivity contribution in [3.63, 3.8) is 0 Å². The van der Waals surface area contributed by atoms with E-state index in [1.165, 1.54) is 0 Å². The lowest BCUT2D eigenvalue weighted by Gasteiger charge is -2.14. The summed E-state index contributed by atoms with van der Waals surface area (Å²) in [6.45, 7) is 0. The molecule has 0 saturated carbocycles. The zero-order valence-corrected chi connectivity index (χ0v) is 9.29. The predicted molar refractivity (Wildman–Crippen MR) is 46.8 cm³/mol. The molecule has 1 rings (SSSR count). The van der Waals surface area contributed by atoms with Crippen LogP contribution in [0.3, 0.4) is 0 Å². The Kier molecular flexibility index (Phi) is 4.14. The van der Waals surface area contributed by atoms with E-state index in [0.29, 0.717) is 6.07 Å². The van der Waals surface area contributed by atoms with E-state index in [0.717, 1.165) is 6.07 Å². The second-order valence-corrected chi connectivity index (χ2v) is 3.43. The van der Waals surface area contributed by atoms with Crippen molar-refractivity contribution in [3.05, 3.63) is 22.4 Å². The van der Waals surface area contributed by atoms with Gasteiger partial charge in [0.25, 0.3) is 0 Å². The van der Waals surface area contributed by atoms with E-state index in [1.807, 2.05) is 0 Å². The molecule has 0 spiro atoms. The Hall–Kier alpha value is -1.10. The maximum Gasteiger partial charge on any atom is 0.573 e. The van der Waals surface area contributed by atoms with Gasteiger partial charge in [-0.05, 0) is 28.1 Å². The van der Waals surface area contributed by atoms with Crippen LogP contribution in [-0.4, -0.2) is 22.2 Å². The lowest BCUT2D eigenvalue weighted by molar-refractivity contribution is -0.452. The maximum atomic E-state index is 13.4. The molecular weight excluding hydrogens is 318 g/mol. The smallest absolute Gasteiger partial charge is 0.402 e. The van der Waals surface area contributed by atoms with Crippen molar-refractivity contribution in [2.75, 3.05) is 0 Å². The second-order valence-electron chi connectivity index (χ2n) is 2.58. The summed E-state index contributed by atoms with van der Waals surface area (Å²) in [7, 11) is 0. The van der Waals surface area contributed by atoms with Crippen LogP contribution in [0.5, 0.6) is 11.5 Å². The topological polar surface area (TPSA) is 62.2 Å². The number of benzene rings is 1. The van der Waals surface area contributed by atoms with Crippen molar-refractivity contribution >= 4 is 15.9 Å². The first kappa shape index (κ1) is 14.0. The van der Waals surface area contributed by atoms with Gasteiger partial charge in [0.15, 0.2) is 5.75 Å². The fourth-order valence-electron chi connectivity index (χ4n) is 0.883. The summed E-state index contributed by atoms with van der Waals surface area (Å²) < 4.78 is 52.2. The molecule has 1 aromatic carbocycles. The van der Waals surface area contributed by atoms with Gasteiger partial charge in [0.2, 0.25) is 11.6 Å². The molecule has 0 aliphatic carbocycles. The van der Waals surface area contributed by atoms with Gasteiger partial charge in [-0.1, -0.05) is 0 Å². The van der Waals surface area contributed by atoms with Crippen LogP contribution in [0.15, 0.2) is 16.6 Å². The Morgan fingerprint density at radius 2 is 1.82 bits per heavy atom. The van der Waals surface area contributed by atoms with Gasteiger partial charge in [-0.2, -0.15) is 4.39 Å². The number of ether oxygens (including phenoxy) is 1. The minimum atomic E-state index is -5.08. The first-order chi connectivity index (χ1) is 7.70. The van der Waals surface area contributed by atoms with Crippen molar-refractivity contribution in [3.8, 4) is 11.5 Å². The SMILES string of the molecule is ON(O)Oc1c(Br)ccc(OC(F)(F)F)c1F. The van der Waals surface area contributed by atoms with Gasteiger partial charge in [0.05, 0.1) is 4.47 Å². The summed E-state index contributed by atoms with van der Waals surface area (Å²) in [5, 5.41) is 15.7. The van der Waals surface area contributed by atoms with Crippen LogP contribution in [-0.2, 0) is 0 Å². The summed E-state index contributed by atoms with van der Waals surface area (Å²) in [6, 6.07) is 1.67. The molecule has 96 valence electrons. The largest absolute Gasteiger partial charge is 0.573 e. The van der Waals surface area contributed by atoms with Gasteiger partial charge in [-0.25, -0.2) is 0 Å². The summed E-state index contributed by atoms with van der Waals surface area (Å²) in [6.07, 6.45) is -5.08. The summed E-state index contributed by atoms with van der Waals surface area (Å²) in [4.78, 5) is 4.01. The summed E-state index contributed by atoms with van der Waals surface area (Å²) in [5.41, 5.74) is 0. The Balaban J connectivity index is 3.10. The van der Waals surface area contributed by atoms with Crippen LogP contribution in [0.1, 0.15) is 0 Å². The molecular formula is C7H4BrF4NO4. The number of hydrogen-bond acceptors (Lipinski definition) is 5. The molecule has 2 N–H and O–H groups in total. The van der Waals surface area contributed by atoms with Crippen LogP contribution < -0.4 is 9.57 Å². The van der Waals surface area contributed by atoms with Gasteiger partial charge in [-0.15, -0.1) is 13.2 Å². The van der Waals surface area contributed by atoms with Crippen molar-refractivity contribution in [2.24, 2.45) is 0 Å². The second kappa shape index (κ2) is 5.04. The number of rotatable bonds is 3. The maximum absolute atomic E-state index is 13.4. The molecule has 0 amide bonds. The molecule has 0 radical (unpaired) electrons. The van der Waals surface area contributed by atoms with Crippen molar-refractivity contribution in [1.82, 2.24) is 5.39 Å². The predicted octanol–water partition coefficient (Wildman–Crippen LogP) is 2.86. The first-order valence-corrected chi connectivity index (χ1v) is 4.59. The Morgan fingerprint density at radius 1 is 1.24 bits per heavy atom.